The number of carbonyl (C=O) groups excluding carboxylic acids is 2. The molecule has 1 N–H and O–H groups in total. The molecule has 0 unspecified atom stereocenters. The molecule has 0 saturated carbocycles. The minimum absolute atomic E-state index is 0.0642. The monoisotopic (exact) mass is 398 g/mol. The van der Waals surface area contributed by atoms with E-state index in [1.165, 1.54) is 0 Å². The Balaban J connectivity index is 1.58. The van der Waals surface area contributed by atoms with Crippen molar-refractivity contribution in [2.45, 2.75) is 29.6 Å². The number of hydrogen-bond acceptors (Lipinski definition) is 5. The maximum atomic E-state index is 12.6. The van der Waals surface area contributed by atoms with Crippen molar-refractivity contribution in [1.82, 2.24) is 4.90 Å². The number of nitrogens with one attached hydrogen (secondary N) is 1. The van der Waals surface area contributed by atoms with E-state index in [4.69, 9.17) is 4.74 Å². The number of nitrogens with zero attached hydrogens (tertiary/aromatic N) is 1. The van der Waals surface area contributed by atoms with Crippen LogP contribution >= 0.6 is 11.8 Å². The van der Waals surface area contributed by atoms with Gasteiger partial charge in [0.1, 0.15) is 0 Å². The van der Waals surface area contributed by atoms with E-state index in [2.05, 4.69) is 5.32 Å². The normalized spacial score (nSPS) is 17.1. The molecule has 0 aromatic heterocycles. The van der Waals surface area contributed by atoms with E-state index in [-0.39, 0.29) is 24.3 Å². The molecule has 6 heteroatoms. The Morgan fingerprint density at radius 2 is 1.89 bits per heavy atom. The van der Waals surface area contributed by atoms with Crippen molar-refractivity contribution in [1.29, 1.82) is 0 Å². The number of benzene rings is 2. The van der Waals surface area contributed by atoms with Gasteiger partial charge in [-0.3, -0.25) is 14.5 Å². The second kappa shape index (κ2) is 10.3. The van der Waals surface area contributed by atoms with Gasteiger partial charge in [-0.05, 0) is 50.6 Å². The Bertz CT molecular complexity index is 797. The summed E-state index contributed by atoms with van der Waals surface area (Å²) in [5.41, 5.74) is 0.806. The molecule has 1 aliphatic rings. The van der Waals surface area contributed by atoms with E-state index in [9.17, 15) is 9.59 Å². The zero-order valence-corrected chi connectivity index (χ0v) is 16.9. The summed E-state index contributed by atoms with van der Waals surface area (Å²) >= 11 is 1.62. The lowest BCUT2D eigenvalue weighted by atomic mass is 9.98. The zero-order valence-electron chi connectivity index (χ0n) is 16.1. The fourth-order valence-corrected chi connectivity index (χ4v) is 4.24. The van der Waals surface area contributed by atoms with Crippen LogP contribution in [0.1, 0.15) is 19.8 Å². The van der Waals surface area contributed by atoms with Crippen LogP contribution in [0.25, 0.3) is 0 Å². The van der Waals surface area contributed by atoms with Gasteiger partial charge in [0.25, 0.3) is 0 Å². The molecular weight excluding hydrogens is 372 g/mol. The maximum absolute atomic E-state index is 12.6. The number of rotatable bonds is 7. The predicted molar refractivity (Wildman–Crippen MR) is 111 cm³/mol. The molecule has 0 aliphatic carbocycles. The highest BCUT2D eigenvalue weighted by atomic mass is 32.2. The number of carbonyl (C=O) groups is 2. The topological polar surface area (TPSA) is 58.6 Å². The van der Waals surface area contributed by atoms with Crippen molar-refractivity contribution in [3.63, 3.8) is 0 Å². The lowest BCUT2D eigenvalue weighted by Crippen LogP contribution is -2.43. The first-order valence-corrected chi connectivity index (χ1v) is 10.5. The Morgan fingerprint density at radius 3 is 2.68 bits per heavy atom. The van der Waals surface area contributed by atoms with E-state index in [1.807, 2.05) is 66.4 Å². The summed E-state index contributed by atoms with van der Waals surface area (Å²) in [6, 6.07) is 17.9. The van der Waals surface area contributed by atoms with Gasteiger partial charge in [-0.1, -0.05) is 42.1 Å². The summed E-state index contributed by atoms with van der Waals surface area (Å²) < 4.78 is 5.13. The van der Waals surface area contributed by atoms with Crippen molar-refractivity contribution in [2.75, 3.05) is 31.6 Å². The van der Waals surface area contributed by atoms with Crippen LogP contribution in [-0.2, 0) is 14.3 Å². The quantitative estimate of drug-likeness (QED) is 0.713. The van der Waals surface area contributed by atoms with Gasteiger partial charge < -0.3 is 10.1 Å². The van der Waals surface area contributed by atoms with Gasteiger partial charge in [-0.2, -0.15) is 0 Å². The SMILES string of the molecule is CCOC(=O)[C@@H]1CCCN(CC(=O)Nc2ccccc2Sc2ccccc2)C1. The van der Waals surface area contributed by atoms with Crippen LogP contribution < -0.4 is 5.32 Å². The second-order valence-corrected chi connectivity index (χ2v) is 7.90. The first-order valence-electron chi connectivity index (χ1n) is 9.66. The minimum atomic E-state index is -0.155. The zero-order chi connectivity index (χ0) is 19.8. The fraction of sp³-hybridized carbons (Fsp3) is 0.364. The highest BCUT2D eigenvalue weighted by Crippen LogP contribution is 2.33. The van der Waals surface area contributed by atoms with Crippen molar-refractivity contribution in [3.8, 4) is 0 Å². The lowest BCUT2D eigenvalue weighted by Gasteiger charge is -2.30. The van der Waals surface area contributed by atoms with Crippen LogP contribution in [0.15, 0.2) is 64.4 Å². The summed E-state index contributed by atoms with van der Waals surface area (Å²) in [5, 5.41) is 3.03. The van der Waals surface area contributed by atoms with Crippen molar-refractivity contribution < 1.29 is 14.3 Å². The van der Waals surface area contributed by atoms with Crippen LogP contribution in [0.5, 0.6) is 0 Å². The molecule has 1 saturated heterocycles. The highest BCUT2D eigenvalue weighted by molar-refractivity contribution is 7.99. The number of piperidine rings is 1. The van der Waals surface area contributed by atoms with E-state index in [0.29, 0.717) is 13.2 Å². The highest BCUT2D eigenvalue weighted by Gasteiger charge is 2.27. The van der Waals surface area contributed by atoms with Crippen molar-refractivity contribution >= 4 is 29.3 Å². The molecule has 1 atom stereocenters. The Kier molecular flexibility index (Phi) is 7.51. The Hall–Kier alpha value is -2.31. The second-order valence-electron chi connectivity index (χ2n) is 6.79. The van der Waals surface area contributed by atoms with E-state index >= 15 is 0 Å². The standard InChI is InChI=1S/C22H26N2O3S/c1-2-27-22(26)17-9-8-14-24(15-17)16-21(25)23-19-12-6-7-13-20(19)28-18-10-4-3-5-11-18/h3-7,10-13,17H,2,8-9,14-16H2,1H3,(H,23,25)/t17-/m1/s1. The van der Waals surface area contributed by atoms with E-state index < -0.39 is 0 Å². The third-order valence-corrected chi connectivity index (χ3v) is 5.71. The number of amides is 1. The van der Waals surface area contributed by atoms with E-state index in [1.54, 1.807) is 11.8 Å². The first-order chi connectivity index (χ1) is 13.7. The van der Waals surface area contributed by atoms with Crippen LogP contribution in [0.4, 0.5) is 5.69 Å². The van der Waals surface area contributed by atoms with E-state index in [0.717, 1.165) is 34.9 Å². The van der Waals surface area contributed by atoms with Gasteiger partial charge in [0.15, 0.2) is 0 Å². The third-order valence-electron chi connectivity index (χ3n) is 4.62. The Morgan fingerprint density at radius 1 is 1.14 bits per heavy atom. The van der Waals surface area contributed by atoms with Crippen LogP contribution in [0, 0.1) is 5.92 Å². The molecule has 0 spiro atoms. The number of esters is 1. The number of likely N-dealkylation sites (tertiary alicyclic amines) is 1. The molecule has 2 aromatic carbocycles. The average Bonchev–Trinajstić information content (AvgIpc) is 2.70. The smallest absolute Gasteiger partial charge is 0.310 e. The first kappa shape index (κ1) is 20.4. The van der Waals surface area contributed by atoms with Crippen molar-refractivity contribution in [3.05, 3.63) is 54.6 Å². The molecule has 148 valence electrons. The van der Waals surface area contributed by atoms with Crippen molar-refractivity contribution in [2.24, 2.45) is 5.92 Å². The average molecular weight is 399 g/mol. The maximum Gasteiger partial charge on any atom is 0.310 e. The minimum Gasteiger partial charge on any atom is -0.466 e. The fourth-order valence-electron chi connectivity index (χ4n) is 3.32. The van der Waals surface area contributed by atoms with Crippen LogP contribution in [0.2, 0.25) is 0 Å². The molecule has 1 fully saturated rings. The summed E-state index contributed by atoms with van der Waals surface area (Å²) in [6.07, 6.45) is 1.73. The molecule has 28 heavy (non-hydrogen) atoms. The third kappa shape index (κ3) is 5.84. The largest absolute Gasteiger partial charge is 0.466 e. The molecule has 0 radical (unpaired) electrons. The van der Waals surface area contributed by atoms with Gasteiger partial charge in [0, 0.05) is 16.3 Å². The molecule has 1 amide bonds. The van der Waals surface area contributed by atoms with Crippen LogP contribution in [0.3, 0.4) is 0 Å². The van der Waals surface area contributed by atoms with Crippen LogP contribution in [-0.4, -0.2) is 43.0 Å². The number of para-hydroxylation sites is 1. The molecule has 1 aliphatic heterocycles. The van der Waals surface area contributed by atoms with Gasteiger partial charge in [-0.15, -0.1) is 0 Å². The van der Waals surface area contributed by atoms with Gasteiger partial charge in [-0.25, -0.2) is 0 Å². The summed E-state index contributed by atoms with van der Waals surface area (Å²) in [4.78, 5) is 28.8. The lowest BCUT2D eigenvalue weighted by molar-refractivity contribution is -0.150. The molecular formula is C22H26N2O3S. The van der Waals surface area contributed by atoms with Gasteiger partial charge in [0.05, 0.1) is 24.8 Å². The van der Waals surface area contributed by atoms with Gasteiger partial charge in [0.2, 0.25) is 5.91 Å². The summed E-state index contributed by atoms with van der Waals surface area (Å²) in [6.45, 7) is 3.89. The predicted octanol–water partition coefficient (Wildman–Crippen LogP) is 4.05. The molecule has 3 rings (SSSR count). The number of hydrogen-bond donors (Lipinski definition) is 1. The molecule has 5 nitrogen and oxygen atoms in total. The number of anilines is 1. The van der Waals surface area contributed by atoms with Gasteiger partial charge >= 0.3 is 5.97 Å². The molecule has 0 bridgehead atoms. The summed E-state index contributed by atoms with van der Waals surface area (Å²) in [5.74, 6) is -0.356. The Labute approximate surface area is 170 Å². The summed E-state index contributed by atoms with van der Waals surface area (Å²) in [7, 11) is 0. The molecule has 1 heterocycles. The molecule has 2 aromatic rings. The number of ether oxygens (including phenoxy) is 1.